The van der Waals surface area contributed by atoms with E-state index >= 15 is 0 Å². The molecule has 0 unspecified atom stereocenters. The van der Waals surface area contributed by atoms with Crippen LogP contribution in [0.3, 0.4) is 0 Å². The first-order chi connectivity index (χ1) is 16.7. The molecule has 0 saturated carbocycles. The quantitative estimate of drug-likeness (QED) is 0.256. The molecule has 0 aliphatic heterocycles. The Bertz CT molecular complexity index is 1280. The summed E-state index contributed by atoms with van der Waals surface area (Å²) in [6, 6.07) is 18.9. The lowest BCUT2D eigenvalue weighted by atomic mass is 9.85. The molecule has 35 heavy (non-hydrogen) atoms. The zero-order chi connectivity index (χ0) is 25.0. The maximum Gasteiger partial charge on any atom is 0.219 e. The molecule has 0 spiro atoms. The summed E-state index contributed by atoms with van der Waals surface area (Å²) >= 11 is 0. The number of allylic oxidation sites excluding steroid dienone is 1. The molecule has 0 amide bonds. The Kier molecular flexibility index (Phi) is 7.29. The Hall–Kier alpha value is -3.54. The van der Waals surface area contributed by atoms with Gasteiger partial charge in [0.05, 0.1) is 6.04 Å². The summed E-state index contributed by atoms with van der Waals surface area (Å²) in [7, 11) is 0. The summed E-state index contributed by atoms with van der Waals surface area (Å²) in [5.41, 5.74) is 5.08. The second kappa shape index (κ2) is 10.4. The van der Waals surface area contributed by atoms with Crippen LogP contribution in [0, 0.1) is 5.41 Å². The minimum absolute atomic E-state index is 0.00926. The van der Waals surface area contributed by atoms with E-state index in [0.717, 1.165) is 40.9 Å². The van der Waals surface area contributed by atoms with Crippen LogP contribution in [0.4, 0.5) is 0 Å². The van der Waals surface area contributed by atoms with E-state index in [2.05, 4.69) is 100 Å². The van der Waals surface area contributed by atoms with Crippen LogP contribution in [-0.4, -0.2) is 25.2 Å². The highest BCUT2D eigenvalue weighted by atomic mass is 16.4. The minimum Gasteiger partial charge on any atom is -0.425 e. The van der Waals surface area contributed by atoms with Gasteiger partial charge in [0.1, 0.15) is 11.4 Å². The summed E-state index contributed by atoms with van der Waals surface area (Å²) in [5, 5.41) is 18.0. The third-order valence-electron chi connectivity index (χ3n) is 5.89. The molecular weight excluding hydrogens is 434 g/mol. The van der Waals surface area contributed by atoms with Gasteiger partial charge in [0.15, 0.2) is 0 Å². The monoisotopic (exact) mass is 469 g/mol. The number of nitrogens with zero attached hydrogens (tertiary/aromatic N) is 5. The zero-order valence-electron chi connectivity index (χ0n) is 21.6. The van der Waals surface area contributed by atoms with Gasteiger partial charge < -0.3 is 4.42 Å². The van der Waals surface area contributed by atoms with E-state index in [0.29, 0.717) is 11.8 Å². The van der Waals surface area contributed by atoms with Crippen LogP contribution in [-0.2, 0) is 6.42 Å². The van der Waals surface area contributed by atoms with Gasteiger partial charge in [-0.05, 0) is 37.3 Å². The molecule has 2 heterocycles. The topological polar surface area (TPSA) is 69.6 Å². The summed E-state index contributed by atoms with van der Waals surface area (Å²) in [6.45, 7) is 12.8. The Morgan fingerprint density at radius 3 is 2.23 bits per heavy atom. The molecule has 4 aromatic rings. The van der Waals surface area contributed by atoms with Crippen LogP contribution < -0.4 is 0 Å². The van der Waals surface area contributed by atoms with Crippen molar-refractivity contribution in [1.82, 2.24) is 25.2 Å². The Morgan fingerprint density at radius 2 is 1.57 bits per heavy atom. The highest BCUT2D eigenvalue weighted by molar-refractivity contribution is 5.78. The summed E-state index contributed by atoms with van der Waals surface area (Å²) < 4.78 is 5.82. The fraction of sp³-hybridized carbons (Fsp3) is 0.379. The molecule has 0 N–H and O–H groups in total. The molecule has 0 aliphatic carbocycles. The van der Waals surface area contributed by atoms with Crippen molar-refractivity contribution in [3.8, 4) is 22.5 Å². The highest BCUT2D eigenvalue weighted by Gasteiger charge is 2.21. The van der Waals surface area contributed by atoms with Crippen molar-refractivity contribution in [1.29, 1.82) is 0 Å². The number of hydrogen-bond donors (Lipinski definition) is 0. The van der Waals surface area contributed by atoms with Crippen LogP contribution in [0.1, 0.15) is 77.3 Å². The lowest BCUT2D eigenvalue weighted by molar-refractivity contribution is 0.316. The first-order valence-electron chi connectivity index (χ1n) is 12.3. The van der Waals surface area contributed by atoms with E-state index in [1.165, 1.54) is 0 Å². The molecule has 2 aromatic carbocycles. The van der Waals surface area contributed by atoms with E-state index in [1.807, 2.05) is 18.2 Å². The van der Waals surface area contributed by atoms with Gasteiger partial charge in [-0.25, -0.2) is 0 Å². The Labute approximate surface area is 208 Å². The van der Waals surface area contributed by atoms with Gasteiger partial charge >= 0.3 is 0 Å². The second-order valence-corrected chi connectivity index (χ2v) is 10.4. The molecular formula is C29H35N5O. The second-order valence-electron chi connectivity index (χ2n) is 10.4. The fourth-order valence-electron chi connectivity index (χ4n) is 3.89. The maximum atomic E-state index is 5.82. The van der Waals surface area contributed by atoms with Crippen molar-refractivity contribution in [2.24, 2.45) is 5.41 Å². The van der Waals surface area contributed by atoms with Crippen LogP contribution in [0.2, 0.25) is 0 Å². The Morgan fingerprint density at radius 1 is 0.886 bits per heavy atom. The van der Waals surface area contributed by atoms with Gasteiger partial charge in [-0.3, -0.25) is 0 Å². The molecule has 182 valence electrons. The lowest BCUT2D eigenvalue weighted by Crippen LogP contribution is -2.14. The van der Waals surface area contributed by atoms with Crippen molar-refractivity contribution in [3.05, 3.63) is 78.0 Å². The molecule has 2 aromatic heterocycles. The smallest absolute Gasteiger partial charge is 0.219 e. The SMILES string of the molecule is CC(C)c1nnc(CC(C)(C)C/C=C/c2cccc(-c3nn(C(C)C)nc3-c3ccccc3)c2)o1. The molecule has 0 atom stereocenters. The average Bonchev–Trinajstić information content (AvgIpc) is 3.47. The summed E-state index contributed by atoms with van der Waals surface area (Å²) in [4.78, 5) is 1.80. The van der Waals surface area contributed by atoms with E-state index in [-0.39, 0.29) is 17.4 Å². The number of aromatic nitrogens is 5. The van der Waals surface area contributed by atoms with E-state index < -0.39 is 0 Å². The summed E-state index contributed by atoms with van der Waals surface area (Å²) in [6.07, 6.45) is 6.04. The third kappa shape index (κ3) is 6.13. The van der Waals surface area contributed by atoms with Crippen LogP contribution >= 0.6 is 0 Å². The van der Waals surface area contributed by atoms with Crippen molar-refractivity contribution >= 4 is 6.08 Å². The predicted molar refractivity (Wildman–Crippen MR) is 141 cm³/mol. The number of rotatable bonds is 9. The van der Waals surface area contributed by atoms with Gasteiger partial charge in [-0.15, -0.1) is 10.2 Å². The van der Waals surface area contributed by atoms with Crippen LogP contribution in [0.5, 0.6) is 0 Å². The van der Waals surface area contributed by atoms with Crippen molar-refractivity contribution in [3.63, 3.8) is 0 Å². The average molecular weight is 470 g/mol. The first-order valence-corrected chi connectivity index (χ1v) is 12.3. The highest BCUT2D eigenvalue weighted by Crippen LogP contribution is 2.31. The van der Waals surface area contributed by atoms with E-state index in [1.54, 1.807) is 4.80 Å². The molecule has 0 bridgehead atoms. The summed E-state index contributed by atoms with van der Waals surface area (Å²) in [5.74, 6) is 1.65. The largest absolute Gasteiger partial charge is 0.425 e. The minimum atomic E-state index is 0.00926. The molecule has 0 saturated heterocycles. The van der Waals surface area contributed by atoms with Gasteiger partial charge in [0, 0.05) is 23.5 Å². The van der Waals surface area contributed by atoms with Gasteiger partial charge in [-0.2, -0.15) is 15.0 Å². The number of benzene rings is 2. The molecule has 0 fully saturated rings. The third-order valence-corrected chi connectivity index (χ3v) is 5.89. The maximum absolute atomic E-state index is 5.82. The van der Waals surface area contributed by atoms with Crippen molar-refractivity contribution in [2.75, 3.05) is 0 Å². The first kappa shape index (κ1) is 24.6. The predicted octanol–water partition coefficient (Wildman–Crippen LogP) is 7.37. The van der Waals surface area contributed by atoms with Crippen molar-refractivity contribution in [2.45, 2.75) is 66.3 Å². The van der Waals surface area contributed by atoms with Crippen molar-refractivity contribution < 1.29 is 4.42 Å². The molecule has 6 nitrogen and oxygen atoms in total. The lowest BCUT2D eigenvalue weighted by Gasteiger charge is -2.20. The fourth-order valence-corrected chi connectivity index (χ4v) is 3.89. The molecule has 6 heteroatoms. The molecule has 0 radical (unpaired) electrons. The van der Waals surface area contributed by atoms with Crippen LogP contribution in [0.15, 0.2) is 65.1 Å². The standard InChI is InChI=1S/C29H35N5O/c1-20(2)28-31-30-25(35-28)19-29(5,6)17-11-13-22-12-10-16-24(18-22)27-26(23-14-8-7-9-15-23)32-34(33-27)21(3)4/h7-16,18,20-21H,17,19H2,1-6H3/b13-11+. The Balaban J connectivity index is 1.52. The van der Waals surface area contributed by atoms with Gasteiger partial charge in [-0.1, -0.05) is 88.4 Å². The molecule has 4 rings (SSSR count). The van der Waals surface area contributed by atoms with E-state index in [9.17, 15) is 0 Å². The van der Waals surface area contributed by atoms with Crippen LogP contribution in [0.25, 0.3) is 28.6 Å². The molecule has 0 aliphatic rings. The zero-order valence-corrected chi connectivity index (χ0v) is 21.6. The van der Waals surface area contributed by atoms with E-state index in [4.69, 9.17) is 14.6 Å². The van der Waals surface area contributed by atoms with Gasteiger partial charge in [0.2, 0.25) is 11.8 Å². The number of hydrogen-bond acceptors (Lipinski definition) is 5. The normalized spacial score (nSPS) is 12.3. The van der Waals surface area contributed by atoms with Gasteiger partial charge in [0.25, 0.3) is 0 Å².